The molecule has 0 aromatic rings. The number of rotatable bonds is 1. The van der Waals surface area contributed by atoms with Gasteiger partial charge < -0.3 is 24.4 Å². The van der Waals surface area contributed by atoms with Gasteiger partial charge in [0.2, 0.25) is 0 Å². The smallest absolute Gasteiger partial charge is 0.336 e. The molecule has 2 N–H and O–H groups in total. The fourth-order valence-corrected chi connectivity index (χ4v) is 3.74. The van der Waals surface area contributed by atoms with E-state index in [-0.39, 0.29) is 11.7 Å². The predicted octanol–water partition coefficient (Wildman–Crippen LogP) is -0.0634. The van der Waals surface area contributed by atoms with Crippen LogP contribution in [0.3, 0.4) is 0 Å². The van der Waals surface area contributed by atoms with Gasteiger partial charge in [0.1, 0.15) is 18.3 Å². The van der Waals surface area contributed by atoms with Crippen LogP contribution in [0.5, 0.6) is 0 Å². The van der Waals surface area contributed by atoms with E-state index in [1.54, 1.807) is 13.0 Å². The van der Waals surface area contributed by atoms with Gasteiger partial charge >= 0.3 is 11.9 Å². The second-order valence-corrected chi connectivity index (χ2v) is 6.74. The highest BCUT2D eigenvalue weighted by Crippen LogP contribution is 2.50. The van der Waals surface area contributed by atoms with Gasteiger partial charge in [-0.1, -0.05) is 13.0 Å². The van der Waals surface area contributed by atoms with E-state index in [1.807, 2.05) is 6.92 Å². The molecular weight excluding hydrogens is 304 g/mol. The minimum Gasteiger partial charge on any atom is -0.466 e. The molecule has 3 aliphatic rings. The number of allylic oxidation sites excluding steroid dienone is 1. The molecule has 7 heteroatoms. The molecule has 2 fully saturated rings. The first-order chi connectivity index (χ1) is 10.8. The van der Waals surface area contributed by atoms with Gasteiger partial charge in [-0.3, -0.25) is 4.79 Å². The fourth-order valence-electron chi connectivity index (χ4n) is 3.74. The van der Waals surface area contributed by atoms with E-state index < -0.39 is 47.7 Å². The topological polar surface area (TPSA) is 106 Å². The van der Waals surface area contributed by atoms with Crippen LogP contribution in [-0.2, 0) is 23.8 Å². The third kappa shape index (κ3) is 2.56. The minimum absolute atomic E-state index is 0.00741. The first-order valence-corrected chi connectivity index (χ1v) is 7.83. The molecular formula is C16H22O7. The van der Waals surface area contributed by atoms with E-state index in [0.717, 1.165) is 0 Å². The Morgan fingerprint density at radius 3 is 2.78 bits per heavy atom. The Morgan fingerprint density at radius 1 is 1.43 bits per heavy atom. The Morgan fingerprint density at radius 2 is 2.13 bits per heavy atom. The Labute approximate surface area is 134 Å². The maximum Gasteiger partial charge on any atom is 0.336 e. The number of methoxy groups -OCH3 is 1. The van der Waals surface area contributed by atoms with E-state index >= 15 is 0 Å². The lowest BCUT2D eigenvalue weighted by Crippen LogP contribution is -2.45. The van der Waals surface area contributed by atoms with Crippen molar-refractivity contribution in [2.75, 3.05) is 7.11 Å². The van der Waals surface area contributed by atoms with Crippen molar-refractivity contribution in [3.8, 4) is 0 Å². The Balaban J connectivity index is 1.98. The number of carbonyl (C=O) groups excluding carboxylic acids is 2. The van der Waals surface area contributed by atoms with Crippen LogP contribution in [0, 0.1) is 11.8 Å². The number of fused-ring (bicyclic) bond motifs is 3. The van der Waals surface area contributed by atoms with E-state index in [0.29, 0.717) is 12.8 Å². The van der Waals surface area contributed by atoms with Gasteiger partial charge in [-0.25, -0.2) is 4.79 Å². The zero-order chi connectivity index (χ0) is 16.9. The second-order valence-electron chi connectivity index (χ2n) is 6.74. The molecule has 0 amide bonds. The standard InChI is InChI=1S/C16H22O7/c1-7-9-11(18)10(17)8(15(20)21-3)5-4-6-16(2)13(23-16)12(9)22-14(7)19/h5,7,9-13,17-18H,4,6H2,1-3H3/b8-5+/t7-,9-,10+,11-,12-,13+,16-/m1/s1. The zero-order valence-corrected chi connectivity index (χ0v) is 13.4. The molecule has 3 rings (SSSR count). The van der Waals surface area contributed by atoms with Crippen molar-refractivity contribution in [2.24, 2.45) is 11.8 Å². The molecule has 2 saturated heterocycles. The number of carbonyl (C=O) groups is 2. The average Bonchev–Trinajstić information content (AvgIpc) is 3.10. The van der Waals surface area contributed by atoms with Crippen molar-refractivity contribution in [2.45, 2.75) is 56.7 Å². The number of aliphatic hydroxyl groups is 2. The van der Waals surface area contributed by atoms with Crippen LogP contribution in [0.25, 0.3) is 0 Å². The maximum absolute atomic E-state index is 12.0. The summed E-state index contributed by atoms with van der Waals surface area (Å²) in [6.45, 7) is 3.57. The van der Waals surface area contributed by atoms with Crippen LogP contribution in [-0.4, -0.2) is 59.3 Å². The lowest BCUT2D eigenvalue weighted by Gasteiger charge is -2.29. The Hall–Kier alpha value is -1.44. The van der Waals surface area contributed by atoms with E-state index in [1.165, 1.54) is 7.11 Å². The molecule has 0 aromatic carbocycles. The van der Waals surface area contributed by atoms with Gasteiger partial charge in [0.25, 0.3) is 0 Å². The largest absolute Gasteiger partial charge is 0.466 e. The van der Waals surface area contributed by atoms with Crippen molar-refractivity contribution < 1.29 is 34.0 Å². The Bertz CT molecular complexity index is 557. The number of ether oxygens (including phenoxy) is 3. The van der Waals surface area contributed by atoms with Crippen LogP contribution in [0.1, 0.15) is 26.7 Å². The quantitative estimate of drug-likeness (QED) is 0.513. The molecule has 2 aliphatic heterocycles. The first-order valence-electron chi connectivity index (χ1n) is 7.83. The molecule has 0 saturated carbocycles. The number of aliphatic hydroxyl groups excluding tert-OH is 2. The highest BCUT2D eigenvalue weighted by Gasteiger charge is 2.64. The summed E-state index contributed by atoms with van der Waals surface area (Å²) in [6.07, 6.45) is -0.987. The number of esters is 2. The van der Waals surface area contributed by atoms with Gasteiger partial charge in [0.15, 0.2) is 0 Å². The fraction of sp³-hybridized carbons (Fsp3) is 0.750. The molecule has 0 unspecified atom stereocenters. The summed E-state index contributed by atoms with van der Waals surface area (Å²) in [5.41, 5.74) is -0.444. The van der Waals surface area contributed by atoms with Crippen LogP contribution in [0.15, 0.2) is 11.6 Å². The molecule has 0 radical (unpaired) electrons. The van der Waals surface area contributed by atoms with Gasteiger partial charge in [0, 0.05) is 5.92 Å². The van der Waals surface area contributed by atoms with E-state index in [2.05, 4.69) is 0 Å². The molecule has 2 heterocycles. The highest BCUT2D eigenvalue weighted by molar-refractivity contribution is 5.89. The van der Waals surface area contributed by atoms with Gasteiger partial charge in [0.05, 0.1) is 30.3 Å². The lowest BCUT2D eigenvalue weighted by molar-refractivity contribution is -0.145. The predicted molar refractivity (Wildman–Crippen MR) is 77.2 cm³/mol. The van der Waals surface area contributed by atoms with Crippen molar-refractivity contribution in [1.82, 2.24) is 0 Å². The second kappa shape index (κ2) is 5.58. The summed E-state index contributed by atoms with van der Waals surface area (Å²) < 4.78 is 15.8. The van der Waals surface area contributed by atoms with Crippen molar-refractivity contribution in [1.29, 1.82) is 0 Å². The number of epoxide rings is 1. The van der Waals surface area contributed by atoms with E-state index in [9.17, 15) is 19.8 Å². The molecule has 128 valence electrons. The third-order valence-corrected chi connectivity index (χ3v) is 5.28. The molecule has 7 nitrogen and oxygen atoms in total. The van der Waals surface area contributed by atoms with Gasteiger partial charge in [-0.15, -0.1) is 0 Å². The van der Waals surface area contributed by atoms with Crippen molar-refractivity contribution >= 4 is 11.9 Å². The summed E-state index contributed by atoms with van der Waals surface area (Å²) in [7, 11) is 1.22. The summed E-state index contributed by atoms with van der Waals surface area (Å²) in [4.78, 5) is 23.9. The van der Waals surface area contributed by atoms with Gasteiger partial charge in [-0.05, 0) is 19.8 Å². The lowest BCUT2D eigenvalue weighted by atomic mass is 9.78. The number of hydrogen-bond acceptors (Lipinski definition) is 7. The van der Waals surface area contributed by atoms with Crippen molar-refractivity contribution in [3.63, 3.8) is 0 Å². The minimum atomic E-state index is -1.44. The summed E-state index contributed by atoms with van der Waals surface area (Å²) in [6, 6.07) is 0. The summed E-state index contributed by atoms with van der Waals surface area (Å²) in [5.74, 6) is -2.34. The monoisotopic (exact) mass is 326 g/mol. The SMILES string of the molecule is COC(=O)/C1=C/CC[C@@]2(C)O[C@H]2[C@@H]2OC(=O)[C@H](C)[C@@H]2[C@@H](O)[C@H]1O. The van der Waals surface area contributed by atoms with Crippen LogP contribution >= 0.6 is 0 Å². The van der Waals surface area contributed by atoms with Crippen LogP contribution in [0.4, 0.5) is 0 Å². The summed E-state index contributed by atoms with van der Waals surface area (Å²) in [5, 5.41) is 21.1. The van der Waals surface area contributed by atoms with Gasteiger partial charge in [-0.2, -0.15) is 0 Å². The van der Waals surface area contributed by atoms with Crippen LogP contribution in [0.2, 0.25) is 0 Å². The normalized spacial score (nSPS) is 48.4. The molecule has 23 heavy (non-hydrogen) atoms. The highest BCUT2D eigenvalue weighted by atomic mass is 16.6. The molecule has 0 aromatic heterocycles. The molecule has 1 aliphatic carbocycles. The first kappa shape index (κ1) is 16.4. The average molecular weight is 326 g/mol. The van der Waals surface area contributed by atoms with E-state index in [4.69, 9.17) is 14.2 Å². The number of hydrogen-bond donors (Lipinski definition) is 2. The summed E-state index contributed by atoms with van der Waals surface area (Å²) >= 11 is 0. The maximum atomic E-state index is 12.0. The molecule has 0 spiro atoms. The molecule has 7 atom stereocenters. The Kier molecular flexibility index (Phi) is 3.98. The van der Waals surface area contributed by atoms with Crippen molar-refractivity contribution in [3.05, 3.63) is 11.6 Å². The zero-order valence-electron chi connectivity index (χ0n) is 13.4. The molecule has 0 bridgehead atoms. The van der Waals surface area contributed by atoms with Crippen LogP contribution < -0.4 is 0 Å². The third-order valence-electron chi connectivity index (χ3n) is 5.28.